The van der Waals surface area contributed by atoms with E-state index in [2.05, 4.69) is 17.2 Å². The van der Waals surface area contributed by atoms with E-state index in [0.29, 0.717) is 12.8 Å². The first kappa shape index (κ1) is 10.4. The minimum atomic E-state index is -2.29. The SMILES string of the molecule is CC#CCCC(NC)C(F)F. The first-order valence-corrected chi connectivity index (χ1v) is 3.57. The van der Waals surface area contributed by atoms with Gasteiger partial charge < -0.3 is 5.32 Å². The molecule has 3 heteroatoms. The van der Waals surface area contributed by atoms with E-state index in [1.54, 1.807) is 6.92 Å². The molecule has 0 aromatic rings. The molecule has 0 saturated carbocycles. The largest absolute Gasteiger partial charge is 0.312 e. The Morgan fingerprint density at radius 3 is 2.45 bits per heavy atom. The molecule has 0 spiro atoms. The van der Waals surface area contributed by atoms with Crippen molar-refractivity contribution in [3.8, 4) is 11.8 Å². The first-order chi connectivity index (χ1) is 5.22. The number of hydrogen-bond acceptors (Lipinski definition) is 1. The number of nitrogens with one attached hydrogen (secondary N) is 1. The van der Waals surface area contributed by atoms with Crippen molar-refractivity contribution >= 4 is 0 Å². The van der Waals surface area contributed by atoms with Crippen LogP contribution in [0.15, 0.2) is 0 Å². The highest BCUT2D eigenvalue weighted by atomic mass is 19.3. The molecule has 0 fully saturated rings. The van der Waals surface area contributed by atoms with Crippen LogP contribution in [0.25, 0.3) is 0 Å². The maximum atomic E-state index is 12.0. The average molecular weight is 161 g/mol. The van der Waals surface area contributed by atoms with Crippen molar-refractivity contribution in [2.75, 3.05) is 7.05 Å². The Bertz CT molecular complexity index is 146. The van der Waals surface area contributed by atoms with Crippen LogP contribution in [0.5, 0.6) is 0 Å². The maximum absolute atomic E-state index is 12.0. The van der Waals surface area contributed by atoms with Crippen molar-refractivity contribution in [1.82, 2.24) is 5.32 Å². The summed E-state index contributed by atoms with van der Waals surface area (Å²) in [7, 11) is 1.54. The second kappa shape index (κ2) is 6.11. The molecule has 1 N–H and O–H groups in total. The summed E-state index contributed by atoms with van der Waals surface area (Å²) >= 11 is 0. The topological polar surface area (TPSA) is 12.0 Å². The van der Waals surface area contributed by atoms with Gasteiger partial charge in [0, 0.05) is 6.42 Å². The Hall–Kier alpha value is -0.620. The molecule has 0 aromatic carbocycles. The zero-order valence-corrected chi connectivity index (χ0v) is 6.82. The van der Waals surface area contributed by atoms with Gasteiger partial charge in [0.25, 0.3) is 6.43 Å². The van der Waals surface area contributed by atoms with E-state index >= 15 is 0 Å². The first-order valence-electron chi connectivity index (χ1n) is 3.57. The fourth-order valence-electron chi connectivity index (χ4n) is 0.749. The Balaban J connectivity index is 3.58. The van der Waals surface area contributed by atoms with Gasteiger partial charge in [0.2, 0.25) is 0 Å². The molecule has 0 rings (SSSR count). The molecule has 0 aliphatic carbocycles. The smallest absolute Gasteiger partial charge is 0.253 e. The van der Waals surface area contributed by atoms with Crippen LogP contribution in [-0.2, 0) is 0 Å². The third kappa shape index (κ3) is 4.74. The Morgan fingerprint density at radius 2 is 2.09 bits per heavy atom. The number of hydrogen-bond donors (Lipinski definition) is 1. The minimum Gasteiger partial charge on any atom is -0.312 e. The Kier molecular flexibility index (Phi) is 5.77. The fourth-order valence-corrected chi connectivity index (χ4v) is 0.749. The van der Waals surface area contributed by atoms with Gasteiger partial charge in [-0.05, 0) is 20.4 Å². The van der Waals surface area contributed by atoms with E-state index < -0.39 is 12.5 Å². The summed E-state index contributed by atoms with van der Waals surface area (Å²) in [5.74, 6) is 5.41. The quantitative estimate of drug-likeness (QED) is 0.618. The molecule has 0 radical (unpaired) electrons. The van der Waals surface area contributed by atoms with Crippen molar-refractivity contribution < 1.29 is 8.78 Å². The molecule has 64 valence electrons. The second-order valence-electron chi connectivity index (χ2n) is 2.20. The number of alkyl halides is 2. The summed E-state index contributed by atoms with van der Waals surface area (Å²) in [4.78, 5) is 0. The fraction of sp³-hybridized carbons (Fsp3) is 0.750. The van der Waals surface area contributed by atoms with Gasteiger partial charge in [-0.15, -0.1) is 11.8 Å². The van der Waals surface area contributed by atoms with E-state index in [9.17, 15) is 8.78 Å². The van der Waals surface area contributed by atoms with Crippen LogP contribution in [-0.4, -0.2) is 19.5 Å². The number of rotatable bonds is 4. The monoisotopic (exact) mass is 161 g/mol. The van der Waals surface area contributed by atoms with Crippen molar-refractivity contribution in [1.29, 1.82) is 0 Å². The van der Waals surface area contributed by atoms with Gasteiger partial charge in [-0.2, -0.15) is 0 Å². The summed E-state index contributed by atoms with van der Waals surface area (Å²) in [6, 6.07) is -0.712. The Morgan fingerprint density at radius 1 is 1.45 bits per heavy atom. The van der Waals surface area contributed by atoms with Gasteiger partial charge in [0.1, 0.15) is 0 Å². The van der Waals surface area contributed by atoms with Crippen molar-refractivity contribution in [3.63, 3.8) is 0 Å². The van der Waals surface area contributed by atoms with Crippen LogP contribution in [0.2, 0.25) is 0 Å². The van der Waals surface area contributed by atoms with E-state index in [4.69, 9.17) is 0 Å². The maximum Gasteiger partial charge on any atom is 0.253 e. The number of halogens is 2. The summed E-state index contributed by atoms with van der Waals surface area (Å²) < 4.78 is 24.0. The van der Waals surface area contributed by atoms with Crippen LogP contribution in [0.3, 0.4) is 0 Å². The van der Waals surface area contributed by atoms with Crippen LogP contribution < -0.4 is 5.32 Å². The summed E-state index contributed by atoms with van der Waals surface area (Å²) in [5.41, 5.74) is 0. The van der Waals surface area contributed by atoms with Crippen molar-refractivity contribution in [3.05, 3.63) is 0 Å². The molecular formula is C8H13F2N. The highest BCUT2D eigenvalue weighted by Gasteiger charge is 2.16. The molecule has 0 aliphatic heterocycles. The molecule has 0 saturated heterocycles. The molecule has 0 aromatic heterocycles. The van der Waals surface area contributed by atoms with Gasteiger partial charge in [0.15, 0.2) is 0 Å². The third-order valence-electron chi connectivity index (χ3n) is 1.43. The highest BCUT2D eigenvalue weighted by molar-refractivity contribution is 4.95. The van der Waals surface area contributed by atoms with E-state index in [-0.39, 0.29) is 0 Å². The van der Waals surface area contributed by atoms with Crippen molar-refractivity contribution in [2.24, 2.45) is 0 Å². The zero-order valence-electron chi connectivity index (χ0n) is 6.82. The van der Waals surface area contributed by atoms with E-state index in [1.807, 2.05) is 0 Å². The lowest BCUT2D eigenvalue weighted by atomic mass is 10.2. The molecule has 1 atom stereocenters. The van der Waals surface area contributed by atoms with Gasteiger partial charge in [-0.1, -0.05) is 0 Å². The summed E-state index contributed by atoms with van der Waals surface area (Å²) in [5, 5.41) is 2.54. The normalized spacial score (nSPS) is 12.5. The van der Waals surface area contributed by atoms with E-state index in [0.717, 1.165) is 0 Å². The zero-order chi connectivity index (χ0) is 8.69. The summed E-state index contributed by atoms with van der Waals surface area (Å²) in [6.45, 7) is 1.71. The Labute approximate surface area is 66.2 Å². The molecule has 0 heterocycles. The molecule has 1 nitrogen and oxygen atoms in total. The molecule has 1 unspecified atom stereocenters. The standard InChI is InChI=1S/C8H13F2N/c1-3-4-5-6-7(11-2)8(9)10/h7-8,11H,5-6H2,1-2H3. The molecule has 0 amide bonds. The van der Waals surface area contributed by atoms with Crippen LogP contribution in [0, 0.1) is 11.8 Å². The van der Waals surface area contributed by atoms with Gasteiger partial charge in [-0.25, -0.2) is 8.78 Å². The lowest BCUT2D eigenvalue weighted by molar-refractivity contribution is 0.0986. The highest BCUT2D eigenvalue weighted by Crippen LogP contribution is 2.06. The molecule has 0 bridgehead atoms. The molecular weight excluding hydrogens is 148 g/mol. The lowest BCUT2D eigenvalue weighted by Crippen LogP contribution is -2.32. The molecule has 11 heavy (non-hydrogen) atoms. The van der Waals surface area contributed by atoms with Crippen molar-refractivity contribution in [2.45, 2.75) is 32.2 Å². The van der Waals surface area contributed by atoms with E-state index in [1.165, 1.54) is 7.05 Å². The average Bonchev–Trinajstić information content (AvgIpc) is 1.97. The van der Waals surface area contributed by atoms with Crippen LogP contribution >= 0.6 is 0 Å². The summed E-state index contributed by atoms with van der Waals surface area (Å²) in [6.07, 6.45) is -1.35. The predicted octanol–water partition coefficient (Wildman–Crippen LogP) is 1.64. The van der Waals surface area contributed by atoms with Crippen LogP contribution in [0.4, 0.5) is 8.78 Å². The van der Waals surface area contributed by atoms with Gasteiger partial charge in [-0.3, -0.25) is 0 Å². The molecule has 0 aliphatic rings. The predicted molar refractivity (Wildman–Crippen MR) is 41.5 cm³/mol. The minimum absolute atomic E-state index is 0.412. The third-order valence-corrected chi connectivity index (χ3v) is 1.43. The van der Waals surface area contributed by atoms with Gasteiger partial charge >= 0.3 is 0 Å². The second-order valence-corrected chi connectivity index (χ2v) is 2.20. The lowest BCUT2D eigenvalue weighted by Gasteiger charge is -2.12. The van der Waals surface area contributed by atoms with Crippen LogP contribution in [0.1, 0.15) is 19.8 Å². The van der Waals surface area contributed by atoms with Gasteiger partial charge in [0.05, 0.1) is 6.04 Å².